The third-order valence-electron chi connectivity index (χ3n) is 3.18. The van der Waals surface area contributed by atoms with E-state index in [0.29, 0.717) is 5.56 Å². The van der Waals surface area contributed by atoms with Gasteiger partial charge in [0.25, 0.3) is 5.91 Å². The number of carbonyl (C=O) groups excluding carboxylic acids is 1. The molecule has 0 fully saturated rings. The van der Waals surface area contributed by atoms with Crippen LogP contribution in [0.4, 0.5) is 5.69 Å². The first-order valence-corrected chi connectivity index (χ1v) is 8.39. The summed E-state index contributed by atoms with van der Waals surface area (Å²) in [5.41, 5.74) is 3.33. The average Bonchev–Trinajstić information content (AvgIpc) is 2.96. The minimum atomic E-state index is -0.132. The number of anilines is 1. The highest BCUT2D eigenvalue weighted by molar-refractivity contribution is 9.10. The Bertz CT molecular complexity index is 812. The maximum Gasteiger partial charge on any atom is 0.255 e. The van der Waals surface area contributed by atoms with Crippen LogP contribution in [0, 0.1) is 6.92 Å². The number of para-hydroxylation sites is 1. The number of benzene rings is 2. The van der Waals surface area contributed by atoms with Crippen molar-refractivity contribution in [2.45, 2.75) is 6.92 Å². The third kappa shape index (κ3) is 3.26. The largest absolute Gasteiger partial charge is 0.321 e. The van der Waals surface area contributed by atoms with E-state index >= 15 is 0 Å². The summed E-state index contributed by atoms with van der Waals surface area (Å²) in [7, 11) is 0. The normalized spacial score (nSPS) is 10.5. The molecule has 0 aliphatic carbocycles. The monoisotopic (exact) mass is 372 g/mol. The van der Waals surface area contributed by atoms with Crippen molar-refractivity contribution in [3.8, 4) is 11.3 Å². The van der Waals surface area contributed by atoms with Crippen molar-refractivity contribution in [2.24, 2.45) is 0 Å². The predicted molar refractivity (Wildman–Crippen MR) is 94.4 cm³/mol. The summed E-state index contributed by atoms with van der Waals surface area (Å²) in [6, 6.07) is 15.0. The highest BCUT2D eigenvalue weighted by Crippen LogP contribution is 2.24. The molecule has 22 heavy (non-hydrogen) atoms. The van der Waals surface area contributed by atoms with E-state index in [4.69, 9.17) is 0 Å². The molecule has 0 unspecified atom stereocenters. The van der Waals surface area contributed by atoms with Gasteiger partial charge in [0.2, 0.25) is 0 Å². The molecule has 1 N–H and O–H groups in total. The van der Waals surface area contributed by atoms with Crippen LogP contribution >= 0.6 is 27.3 Å². The number of carbonyl (C=O) groups is 1. The summed E-state index contributed by atoms with van der Waals surface area (Å²) in [6.07, 6.45) is 0. The van der Waals surface area contributed by atoms with Crippen LogP contribution in [0.3, 0.4) is 0 Å². The van der Waals surface area contributed by atoms with Crippen molar-refractivity contribution in [2.75, 3.05) is 5.32 Å². The van der Waals surface area contributed by atoms with Crippen molar-refractivity contribution >= 4 is 38.9 Å². The number of aryl methyl sites for hydroxylation is 1. The summed E-state index contributed by atoms with van der Waals surface area (Å²) in [5.74, 6) is -0.132. The number of nitrogens with one attached hydrogen (secondary N) is 1. The minimum Gasteiger partial charge on any atom is -0.321 e. The van der Waals surface area contributed by atoms with Gasteiger partial charge in [-0.2, -0.15) is 0 Å². The zero-order valence-corrected chi connectivity index (χ0v) is 14.2. The maximum absolute atomic E-state index is 12.3. The number of rotatable bonds is 3. The number of nitrogens with zero attached hydrogens (tertiary/aromatic N) is 1. The number of aromatic nitrogens is 1. The van der Waals surface area contributed by atoms with Crippen molar-refractivity contribution in [3.05, 3.63) is 69.0 Å². The lowest BCUT2D eigenvalue weighted by Crippen LogP contribution is -2.12. The van der Waals surface area contributed by atoms with Crippen LogP contribution in [-0.4, -0.2) is 10.9 Å². The Labute approximate surface area is 141 Å². The second-order valence-electron chi connectivity index (χ2n) is 4.76. The molecule has 3 aromatic rings. The van der Waals surface area contributed by atoms with E-state index in [-0.39, 0.29) is 5.91 Å². The molecule has 5 heteroatoms. The van der Waals surface area contributed by atoms with Crippen molar-refractivity contribution in [1.29, 1.82) is 0 Å². The fourth-order valence-electron chi connectivity index (χ4n) is 2.05. The van der Waals surface area contributed by atoms with Crippen LogP contribution < -0.4 is 5.32 Å². The molecule has 0 bridgehead atoms. The van der Waals surface area contributed by atoms with Gasteiger partial charge in [0.05, 0.1) is 16.4 Å². The summed E-state index contributed by atoms with van der Waals surface area (Å²) >= 11 is 5.04. The van der Waals surface area contributed by atoms with Crippen molar-refractivity contribution in [1.82, 2.24) is 4.98 Å². The second kappa shape index (κ2) is 6.42. The number of hydrogen-bond donors (Lipinski definition) is 1. The molecule has 0 saturated carbocycles. The van der Waals surface area contributed by atoms with E-state index < -0.39 is 0 Å². The van der Waals surface area contributed by atoms with E-state index in [1.165, 1.54) is 0 Å². The highest BCUT2D eigenvalue weighted by Gasteiger charge is 2.09. The summed E-state index contributed by atoms with van der Waals surface area (Å²) in [6.45, 7) is 1.98. The van der Waals surface area contributed by atoms with Gasteiger partial charge < -0.3 is 5.32 Å². The van der Waals surface area contributed by atoms with Gasteiger partial charge in [-0.05, 0) is 47.1 Å². The lowest BCUT2D eigenvalue weighted by Gasteiger charge is -2.07. The molecule has 0 spiro atoms. The molecule has 3 nitrogen and oxygen atoms in total. The fraction of sp³-hybridized carbons (Fsp3) is 0.0588. The van der Waals surface area contributed by atoms with Gasteiger partial charge in [-0.25, -0.2) is 4.98 Å². The minimum absolute atomic E-state index is 0.132. The van der Waals surface area contributed by atoms with E-state index in [2.05, 4.69) is 26.2 Å². The second-order valence-corrected chi connectivity index (χ2v) is 6.68. The van der Waals surface area contributed by atoms with Gasteiger partial charge in [0, 0.05) is 21.0 Å². The zero-order chi connectivity index (χ0) is 15.5. The average molecular weight is 373 g/mol. The van der Waals surface area contributed by atoms with Crippen LogP contribution in [0.1, 0.15) is 15.4 Å². The molecular formula is C17H13BrN2OS. The first-order valence-electron chi connectivity index (χ1n) is 6.72. The molecule has 2 aromatic carbocycles. The van der Waals surface area contributed by atoms with E-state index in [1.807, 2.05) is 60.8 Å². The van der Waals surface area contributed by atoms with Crippen LogP contribution in [0.2, 0.25) is 0 Å². The molecule has 0 aliphatic heterocycles. The SMILES string of the molecule is Cc1nc(-c2ccc(C(=O)Nc3ccccc3Br)cc2)cs1. The molecule has 110 valence electrons. The third-order valence-corrected chi connectivity index (χ3v) is 4.65. The topological polar surface area (TPSA) is 42.0 Å². The summed E-state index contributed by atoms with van der Waals surface area (Å²) in [4.78, 5) is 16.7. The van der Waals surface area contributed by atoms with E-state index in [9.17, 15) is 4.79 Å². The quantitative estimate of drug-likeness (QED) is 0.691. The fourth-order valence-corrected chi connectivity index (χ4v) is 3.05. The number of thiazole rings is 1. The smallest absolute Gasteiger partial charge is 0.255 e. The molecule has 1 heterocycles. The number of amides is 1. The molecule has 3 rings (SSSR count). The standard InChI is InChI=1S/C17H13BrN2OS/c1-11-19-16(10-22-11)12-6-8-13(9-7-12)17(21)20-15-5-3-2-4-14(15)18/h2-10H,1H3,(H,20,21). The first-order chi connectivity index (χ1) is 10.6. The van der Waals surface area contributed by atoms with Crippen LogP contribution in [0.25, 0.3) is 11.3 Å². The lowest BCUT2D eigenvalue weighted by atomic mass is 10.1. The summed E-state index contributed by atoms with van der Waals surface area (Å²) in [5, 5.41) is 5.94. The van der Waals surface area contributed by atoms with Crippen molar-refractivity contribution < 1.29 is 4.79 Å². The Morgan fingerprint density at radius 1 is 1.14 bits per heavy atom. The van der Waals surface area contributed by atoms with E-state index in [1.54, 1.807) is 11.3 Å². The van der Waals surface area contributed by atoms with Crippen molar-refractivity contribution in [3.63, 3.8) is 0 Å². The molecule has 1 aromatic heterocycles. The molecule has 0 atom stereocenters. The van der Waals surface area contributed by atoms with Gasteiger partial charge in [0.1, 0.15) is 0 Å². The van der Waals surface area contributed by atoms with Gasteiger partial charge >= 0.3 is 0 Å². The Morgan fingerprint density at radius 3 is 2.50 bits per heavy atom. The molecule has 1 amide bonds. The Kier molecular flexibility index (Phi) is 4.36. The maximum atomic E-state index is 12.3. The number of hydrogen-bond acceptors (Lipinski definition) is 3. The number of halogens is 1. The molecule has 0 saturated heterocycles. The molecule has 0 radical (unpaired) electrons. The zero-order valence-electron chi connectivity index (χ0n) is 11.8. The molecular weight excluding hydrogens is 360 g/mol. The predicted octanol–water partition coefficient (Wildman–Crippen LogP) is 5.13. The van der Waals surface area contributed by atoms with Gasteiger partial charge in [-0.3, -0.25) is 4.79 Å². The first kappa shape index (κ1) is 14.9. The molecule has 0 aliphatic rings. The van der Waals surface area contributed by atoms with Crippen LogP contribution in [-0.2, 0) is 0 Å². The van der Waals surface area contributed by atoms with Gasteiger partial charge in [0.15, 0.2) is 0 Å². The Balaban J connectivity index is 1.78. The Morgan fingerprint density at radius 2 is 1.86 bits per heavy atom. The van der Waals surface area contributed by atoms with Crippen LogP contribution in [0.15, 0.2) is 58.4 Å². The lowest BCUT2D eigenvalue weighted by molar-refractivity contribution is 0.102. The highest BCUT2D eigenvalue weighted by atomic mass is 79.9. The Hall–Kier alpha value is -1.98. The summed E-state index contributed by atoms with van der Waals surface area (Å²) < 4.78 is 0.859. The van der Waals surface area contributed by atoms with Gasteiger partial charge in [-0.1, -0.05) is 24.3 Å². The van der Waals surface area contributed by atoms with Gasteiger partial charge in [-0.15, -0.1) is 11.3 Å². The van der Waals surface area contributed by atoms with E-state index in [0.717, 1.165) is 26.4 Å². The van der Waals surface area contributed by atoms with Crippen LogP contribution in [0.5, 0.6) is 0 Å².